The Labute approximate surface area is 138 Å². The summed E-state index contributed by atoms with van der Waals surface area (Å²) in [4.78, 5) is 13.5. The van der Waals surface area contributed by atoms with Crippen LogP contribution in [-0.2, 0) is 11.3 Å². The van der Waals surface area contributed by atoms with Crippen molar-refractivity contribution in [3.63, 3.8) is 0 Å². The number of thioether (sulfide) groups is 1. The molecule has 2 rings (SSSR count). The fraction of sp³-hybridized carbons (Fsp3) is 0.562. The highest BCUT2D eigenvalue weighted by molar-refractivity contribution is 7.98. The molecule has 3 nitrogen and oxygen atoms in total. The average molecular weight is 329 g/mol. The predicted octanol–water partition coefficient (Wildman–Crippen LogP) is 3.14. The summed E-state index contributed by atoms with van der Waals surface area (Å²) in [6.07, 6.45) is 3.96. The van der Waals surface area contributed by atoms with Crippen LogP contribution in [0.3, 0.4) is 0 Å². The highest BCUT2D eigenvalue weighted by atomic mass is 35.5. The van der Waals surface area contributed by atoms with Crippen LogP contribution in [0.4, 0.5) is 0 Å². The summed E-state index contributed by atoms with van der Waals surface area (Å²) >= 11 is 1.74. The highest BCUT2D eigenvalue weighted by Crippen LogP contribution is 2.22. The molecule has 1 fully saturated rings. The van der Waals surface area contributed by atoms with Crippen LogP contribution in [0, 0.1) is 12.8 Å². The van der Waals surface area contributed by atoms with Crippen LogP contribution < -0.4 is 10.6 Å². The third-order valence-corrected chi connectivity index (χ3v) is 4.71. The molecule has 5 heteroatoms. The molecule has 1 heterocycles. The first-order valence-corrected chi connectivity index (χ1v) is 8.47. The minimum absolute atomic E-state index is 0. The molecule has 0 spiro atoms. The fourth-order valence-corrected chi connectivity index (χ4v) is 3.40. The van der Waals surface area contributed by atoms with Crippen LogP contribution in [0.5, 0.6) is 0 Å². The second kappa shape index (κ2) is 8.66. The monoisotopic (exact) mass is 328 g/mol. The van der Waals surface area contributed by atoms with Crippen LogP contribution in [0.1, 0.15) is 30.9 Å². The number of nitrogens with one attached hydrogen (secondary N) is 2. The van der Waals surface area contributed by atoms with Gasteiger partial charge in [-0.15, -0.1) is 24.2 Å². The Kier molecular flexibility index (Phi) is 7.57. The number of carbonyl (C=O) groups excluding carboxylic acids is 1. The van der Waals surface area contributed by atoms with E-state index in [2.05, 4.69) is 48.9 Å². The van der Waals surface area contributed by atoms with Crippen LogP contribution >= 0.6 is 24.2 Å². The SMILES string of the molecule is CSc1cc(C)ccc1CNC(=O)[C@H]1CCN[C@@H](C)C1.Cl. The van der Waals surface area contributed by atoms with Crippen molar-refractivity contribution in [2.24, 2.45) is 5.92 Å². The summed E-state index contributed by atoms with van der Waals surface area (Å²) in [6, 6.07) is 6.85. The largest absolute Gasteiger partial charge is 0.352 e. The van der Waals surface area contributed by atoms with E-state index in [1.807, 2.05) is 0 Å². The van der Waals surface area contributed by atoms with E-state index in [1.54, 1.807) is 11.8 Å². The van der Waals surface area contributed by atoms with Gasteiger partial charge in [-0.2, -0.15) is 0 Å². The summed E-state index contributed by atoms with van der Waals surface area (Å²) in [5, 5.41) is 6.49. The van der Waals surface area contributed by atoms with E-state index in [0.29, 0.717) is 12.6 Å². The van der Waals surface area contributed by atoms with Crippen LogP contribution in [-0.4, -0.2) is 24.7 Å². The molecule has 1 aliphatic heterocycles. The molecule has 0 saturated carbocycles. The Hall–Kier alpha value is -0.710. The van der Waals surface area contributed by atoms with Gasteiger partial charge in [-0.3, -0.25) is 4.79 Å². The highest BCUT2D eigenvalue weighted by Gasteiger charge is 2.24. The number of amides is 1. The summed E-state index contributed by atoms with van der Waals surface area (Å²) in [6.45, 7) is 5.82. The van der Waals surface area contributed by atoms with E-state index < -0.39 is 0 Å². The molecule has 1 amide bonds. The van der Waals surface area contributed by atoms with Gasteiger partial charge in [-0.1, -0.05) is 12.1 Å². The normalized spacial score (nSPS) is 21.5. The maximum atomic E-state index is 12.2. The molecule has 1 aromatic carbocycles. The maximum Gasteiger partial charge on any atom is 0.223 e. The number of rotatable bonds is 4. The van der Waals surface area contributed by atoms with Gasteiger partial charge in [0, 0.05) is 23.4 Å². The predicted molar refractivity (Wildman–Crippen MR) is 92.2 cm³/mol. The first-order valence-electron chi connectivity index (χ1n) is 7.24. The summed E-state index contributed by atoms with van der Waals surface area (Å²) in [5.74, 6) is 0.361. The molecule has 21 heavy (non-hydrogen) atoms. The fourth-order valence-electron chi connectivity index (χ4n) is 2.69. The standard InChI is InChI=1S/C16H24N2OS.ClH/c1-11-4-5-14(15(8-11)20-3)10-18-16(19)13-6-7-17-12(2)9-13;/h4-5,8,12-13,17H,6-7,9-10H2,1-3H3,(H,18,19);1H/t12-,13-;/m0./s1. The van der Waals surface area contributed by atoms with Crippen molar-refractivity contribution in [2.45, 2.75) is 44.2 Å². The van der Waals surface area contributed by atoms with Gasteiger partial charge in [0.2, 0.25) is 5.91 Å². The number of benzene rings is 1. The van der Waals surface area contributed by atoms with Gasteiger partial charge in [0.15, 0.2) is 0 Å². The lowest BCUT2D eigenvalue weighted by atomic mass is 9.92. The second-order valence-electron chi connectivity index (χ2n) is 5.61. The minimum atomic E-state index is 0. The Bertz CT molecular complexity index is 481. The molecule has 0 unspecified atom stereocenters. The number of halogens is 1. The van der Waals surface area contributed by atoms with Gasteiger partial charge in [-0.25, -0.2) is 0 Å². The van der Waals surface area contributed by atoms with Crippen LogP contribution in [0.15, 0.2) is 23.1 Å². The molecule has 2 N–H and O–H groups in total. The zero-order valence-corrected chi connectivity index (χ0v) is 14.6. The zero-order valence-electron chi connectivity index (χ0n) is 12.9. The molecular weight excluding hydrogens is 304 g/mol. The maximum absolute atomic E-state index is 12.2. The Morgan fingerprint density at radius 2 is 2.24 bits per heavy atom. The van der Waals surface area contributed by atoms with E-state index in [0.717, 1.165) is 19.4 Å². The molecule has 1 aliphatic rings. The Balaban J connectivity index is 0.00000220. The molecule has 2 atom stereocenters. The smallest absolute Gasteiger partial charge is 0.223 e. The van der Waals surface area contributed by atoms with Crippen molar-refractivity contribution < 1.29 is 4.79 Å². The van der Waals surface area contributed by atoms with E-state index >= 15 is 0 Å². The molecule has 0 radical (unpaired) electrons. The topological polar surface area (TPSA) is 41.1 Å². The van der Waals surface area contributed by atoms with E-state index in [9.17, 15) is 4.79 Å². The van der Waals surface area contributed by atoms with Gasteiger partial charge in [0.25, 0.3) is 0 Å². The van der Waals surface area contributed by atoms with Crippen LogP contribution in [0.25, 0.3) is 0 Å². The summed E-state index contributed by atoms with van der Waals surface area (Å²) < 4.78 is 0. The number of aryl methyl sites for hydroxylation is 1. The minimum Gasteiger partial charge on any atom is -0.352 e. The Morgan fingerprint density at radius 3 is 2.90 bits per heavy atom. The average Bonchev–Trinajstić information content (AvgIpc) is 2.45. The third-order valence-electron chi connectivity index (χ3n) is 3.89. The lowest BCUT2D eigenvalue weighted by molar-refractivity contribution is -0.126. The van der Waals surface area contributed by atoms with Crippen molar-refractivity contribution in [1.29, 1.82) is 0 Å². The lowest BCUT2D eigenvalue weighted by Gasteiger charge is -2.27. The number of hydrogen-bond donors (Lipinski definition) is 2. The third kappa shape index (κ3) is 5.20. The molecule has 0 bridgehead atoms. The molecule has 118 valence electrons. The van der Waals surface area contributed by atoms with Crippen molar-refractivity contribution >= 4 is 30.1 Å². The molecule has 1 aromatic rings. The van der Waals surface area contributed by atoms with Gasteiger partial charge in [0.05, 0.1) is 0 Å². The van der Waals surface area contributed by atoms with Crippen molar-refractivity contribution in [3.05, 3.63) is 29.3 Å². The Morgan fingerprint density at radius 1 is 1.48 bits per heavy atom. The van der Waals surface area contributed by atoms with Crippen molar-refractivity contribution in [2.75, 3.05) is 12.8 Å². The van der Waals surface area contributed by atoms with Crippen molar-refractivity contribution in [1.82, 2.24) is 10.6 Å². The van der Waals surface area contributed by atoms with E-state index in [-0.39, 0.29) is 24.2 Å². The van der Waals surface area contributed by atoms with Gasteiger partial charge in [0.1, 0.15) is 0 Å². The number of hydrogen-bond acceptors (Lipinski definition) is 3. The summed E-state index contributed by atoms with van der Waals surface area (Å²) in [7, 11) is 0. The second-order valence-corrected chi connectivity index (χ2v) is 6.46. The lowest BCUT2D eigenvalue weighted by Crippen LogP contribution is -2.42. The van der Waals surface area contributed by atoms with Crippen molar-refractivity contribution in [3.8, 4) is 0 Å². The first kappa shape index (κ1) is 18.3. The molecule has 0 aromatic heterocycles. The van der Waals surface area contributed by atoms with E-state index in [4.69, 9.17) is 0 Å². The summed E-state index contributed by atoms with van der Waals surface area (Å²) in [5.41, 5.74) is 2.47. The number of piperidine rings is 1. The van der Waals surface area contributed by atoms with Crippen LogP contribution in [0.2, 0.25) is 0 Å². The van der Waals surface area contributed by atoms with Gasteiger partial charge >= 0.3 is 0 Å². The van der Waals surface area contributed by atoms with Gasteiger partial charge < -0.3 is 10.6 Å². The zero-order chi connectivity index (χ0) is 14.5. The molecule has 0 aliphatic carbocycles. The van der Waals surface area contributed by atoms with E-state index in [1.165, 1.54) is 16.0 Å². The molecule has 1 saturated heterocycles. The quantitative estimate of drug-likeness (QED) is 0.834. The number of carbonyl (C=O) groups is 1. The first-order chi connectivity index (χ1) is 9.60. The molecular formula is C16H25ClN2OS. The van der Waals surface area contributed by atoms with Gasteiger partial charge in [-0.05, 0) is 56.7 Å².